The van der Waals surface area contributed by atoms with Gasteiger partial charge in [-0.15, -0.1) is 0 Å². The zero-order valence-corrected chi connectivity index (χ0v) is 15.7. The summed E-state index contributed by atoms with van der Waals surface area (Å²) in [5.74, 6) is 0.551. The van der Waals surface area contributed by atoms with Crippen molar-refractivity contribution in [2.24, 2.45) is 0 Å². The predicted octanol–water partition coefficient (Wildman–Crippen LogP) is 4.11. The van der Waals surface area contributed by atoms with Gasteiger partial charge in [-0.3, -0.25) is 9.59 Å². The number of furan rings is 1. The SMILES string of the molecule is COc1ccc(OC)c(NC(=O)c2ccc(C)c(NC(=O)c3ccco3)c2)c1. The number of hydrogen-bond donors (Lipinski definition) is 2. The van der Waals surface area contributed by atoms with E-state index in [1.807, 2.05) is 6.92 Å². The van der Waals surface area contributed by atoms with Crippen LogP contribution in [0.1, 0.15) is 26.5 Å². The van der Waals surface area contributed by atoms with E-state index < -0.39 is 0 Å². The number of nitrogens with one attached hydrogen (secondary N) is 2. The van der Waals surface area contributed by atoms with Crippen molar-refractivity contribution in [3.63, 3.8) is 0 Å². The quantitative estimate of drug-likeness (QED) is 0.672. The molecule has 2 aromatic carbocycles. The molecule has 2 N–H and O–H groups in total. The Labute approximate surface area is 162 Å². The van der Waals surface area contributed by atoms with Gasteiger partial charge in [0.05, 0.1) is 26.2 Å². The van der Waals surface area contributed by atoms with Crippen molar-refractivity contribution >= 4 is 23.2 Å². The third-order valence-electron chi connectivity index (χ3n) is 4.15. The fourth-order valence-corrected chi connectivity index (χ4v) is 2.60. The molecule has 0 saturated carbocycles. The summed E-state index contributed by atoms with van der Waals surface area (Å²) < 4.78 is 15.6. The fraction of sp³-hybridized carbons (Fsp3) is 0.143. The molecule has 0 aliphatic rings. The molecule has 1 heterocycles. The Hall–Kier alpha value is -3.74. The van der Waals surface area contributed by atoms with Crippen molar-refractivity contribution < 1.29 is 23.5 Å². The first-order valence-corrected chi connectivity index (χ1v) is 8.50. The topological polar surface area (TPSA) is 89.8 Å². The van der Waals surface area contributed by atoms with Crippen LogP contribution in [0.15, 0.2) is 59.2 Å². The smallest absolute Gasteiger partial charge is 0.291 e. The van der Waals surface area contributed by atoms with E-state index in [2.05, 4.69) is 10.6 Å². The number of benzene rings is 2. The zero-order chi connectivity index (χ0) is 20.1. The molecule has 1 aromatic heterocycles. The van der Waals surface area contributed by atoms with Crippen molar-refractivity contribution in [2.45, 2.75) is 6.92 Å². The van der Waals surface area contributed by atoms with Gasteiger partial charge in [0, 0.05) is 17.3 Å². The number of methoxy groups -OCH3 is 2. The summed E-state index contributed by atoms with van der Waals surface area (Å²) >= 11 is 0. The summed E-state index contributed by atoms with van der Waals surface area (Å²) in [6.45, 7) is 1.84. The molecule has 144 valence electrons. The Morgan fingerprint density at radius 1 is 0.893 bits per heavy atom. The first-order valence-electron chi connectivity index (χ1n) is 8.50. The minimum absolute atomic E-state index is 0.190. The molecule has 0 fully saturated rings. The number of hydrogen-bond acceptors (Lipinski definition) is 5. The molecule has 7 heteroatoms. The second-order valence-electron chi connectivity index (χ2n) is 5.98. The third-order valence-corrected chi connectivity index (χ3v) is 4.15. The van der Waals surface area contributed by atoms with E-state index in [0.29, 0.717) is 28.4 Å². The number of rotatable bonds is 6. The summed E-state index contributed by atoms with van der Waals surface area (Å²) in [5.41, 5.74) is 2.20. The Morgan fingerprint density at radius 2 is 1.68 bits per heavy atom. The molecule has 0 aliphatic carbocycles. The van der Waals surface area contributed by atoms with E-state index in [0.717, 1.165) is 5.56 Å². The first-order chi connectivity index (χ1) is 13.5. The monoisotopic (exact) mass is 380 g/mol. The molecule has 3 aromatic rings. The van der Waals surface area contributed by atoms with Gasteiger partial charge in [-0.25, -0.2) is 0 Å². The molecule has 0 radical (unpaired) electrons. The predicted molar refractivity (Wildman–Crippen MR) is 105 cm³/mol. The molecule has 0 atom stereocenters. The van der Waals surface area contributed by atoms with Gasteiger partial charge in [0.2, 0.25) is 0 Å². The minimum Gasteiger partial charge on any atom is -0.497 e. The van der Waals surface area contributed by atoms with Gasteiger partial charge in [0.1, 0.15) is 11.5 Å². The Kier molecular flexibility index (Phi) is 5.64. The lowest BCUT2D eigenvalue weighted by Gasteiger charge is -2.13. The van der Waals surface area contributed by atoms with Gasteiger partial charge < -0.3 is 24.5 Å². The second kappa shape index (κ2) is 8.30. The standard InChI is InChI=1S/C21H20N2O5/c1-13-6-7-14(11-16(13)22-21(25)19-5-4-10-28-19)20(24)23-17-12-15(26-2)8-9-18(17)27-3/h4-12H,1-3H3,(H,22,25)(H,23,24). The lowest BCUT2D eigenvalue weighted by Crippen LogP contribution is -2.15. The van der Waals surface area contributed by atoms with Crippen LogP contribution >= 0.6 is 0 Å². The van der Waals surface area contributed by atoms with Crippen LogP contribution in [-0.4, -0.2) is 26.0 Å². The minimum atomic E-state index is -0.389. The van der Waals surface area contributed by atoms with E-state index in [9.17, 15) is 9.59 Å². The molecule has 7 nitrogen and oxygen atoms in total. The third kappa shape index (κ3) is 4.15. The summed E-state index contributed by atoms with van der Waals surface area (Å²) in [5, 5.41) is 5.56. The number of anilines is 2. The van der Waals surface area contributed by atoms with Crippen LogP contribution in [0.5, 0.6) is 11.5 Å². The maximum atomic E-state index is 12.7. The van der Waals surface area contributed by atoms with Gasteiger partial charge in [-0.2, -0.15) is 0 Å². The van der Waals surface area contributed by atoms with Crippen LogP contribution in [-0.2, 0) is 0 Å². The van der Waals surface area contributed by atoms with E-state index >= 15 is 0 Å². The van der Waals surface area contributed by atoms with Crippen LogP contribution in [0.25, 0.3) is 0 Å². The van der Waals surface area contributed by atoms with Crippen LogP contribution in [0.4, 0.5) is 11.4 Å². The van der Waals surface area contributed by atoms with Crippen LogP contribution in [0.2, 0.25) is 0 Å². The lowest BCUT2D eigenvalue weighted by molar-refractivity contribution is 0.0993. The summed E-state index contributed by atoms with van der Waals surface area (Å²) in [6, 6.07) is 13.4. The molecule has 0 unspecified atom stereocenters. The Morgan fingerprint density at radius 3 is 2.36 bits per heavy atom. The number of aryl methyl sites for hydroxylation is 1. The largest absolute Gasteiger partial charge is 0.497 e. The first kappa shape index (κ1) is 19.0. The highest BCUT2D eigenvalue weighted by Crippen LogP contribution is 2.29. The van der Waals surface area contributed by atoms with Gasteiger partial charge >= 0.3 is 0 Å². The molecule has 3 rings (SSSR count). The average Bonchev–Trinajstić information content (AvgIpc) is 3.24. The molecule has 0 spiro atoms. The molecule has 0 aliphatic heterocycles. The van der Waals surface area contributed by atoms with E-state index in [1.54, 1.807) is 55.6 Å². The maximum Gasteiger partial charge on any atom is 0.291 e. The number of amides is 2. The van der Waals surface area contributed by atoms with Crippen molar-refractivity contribution in [2.75, 3.05) is 24.9 Å². The highest BCUT2D eigenvalue weighted by atomic mass is 16.5. The molecule has 2 amide bonds. The number of carbonyl (C=O) groups excluding carboxylic acids is 2. The average molecular weight is 380 g/mol. The maximum absolute atomic E-state index is 12.7. The zero-order valence-electron chi connectivity index (χ0n) is 15.7. The van der Waals surface area contributed by atoms with Gasteiger partial charge in [-0.1, -0.05) is 6.07 Å². The highest BCUT2D eigenvalue weighted by molar-refractivity contribution is 6.07. The Bertz CT molecular complexity index is 996. The van der Waals surface area contributed by atoms with Crippen LogP contribution < -0.4 is 20.1 Å². The van der Waals surface area contributed by atoms with Gasteiger partial charge in [0.15, 0.2) is 5.76 Å². The highest BCUT2D eigenvalue weighted by Gasteiger charge is 2.15. The number of carbonyl (C=O) groups is 2. The molecule has 0 bridgehead atoms. The van der Waals surface area contributed by atoms with Gasteiger partial charge in [0.25, 0.3) is 11.8 Å². The van der Waals surface area contributed by atoms with E-state index in [-0.39, 0.29) is 17.6 Å². The molecule has 28 heavy (non-hydrogen) atoms. The van der Waals surface area contributed by atoms with Crippen molar-refractivity contribution in [1.82, 2.24) is 0 Å². The fourth-order valence-electron chi connectivity index (χ4n) is 2.60. The van der Waals surface area contributed by atoms with Crippen molar-refractivity contribution in [1.29, 1.82) is 0 Å². The summed E-state index contributed by atoms with van der Waals surface area (Å²) in [7, 11) is 3.06. The molecular formula is C21H20N2O5. The molecule has 0 saturated heterocycles. The van der Waals surface area contributed by atoms with Crippen molar-refractivity contribution in [3.8, 4) is 11.5 Å². The van der Waals surface area contributed by atoms with E-state index in [4.69, 9.17) is 13.9 Å². The second-order valence-corrected chi connectivity index (χ2v) is 5.98. The Balaban J connectivity index is 1.82. The normalized spacial score (nSPS) is 10.2. The summed E-state index contributed by atoms with van der Waals surface area (Å²) in [4.78, 5) is 24.9. The lowest BCUT2D eigenvalue weighted by atomic mass is 10.1. The van der Waals surface area contributed by atoms with E-state index in [1.165, 1.54) is 13.4 Å². The molecular weight excluding hydrogens is 360 g/mol. The van der Waals surface area contributed by atoms with Crippen LogP contribution in [0.3, 0.4) is 0 Å². The van der Waals surface area contributed by atoms with Gasteiger partial charge in [-0.05, 0) is 48.9 Å². The van der Waals surface area contributed by atoms with Crippen molar-refractivity contribution in [3.05, 3.63) is 71.7 Å². The number of ether oxygens (including phenoxy) is 2. The van der Waals surface area contributed by atoms with Crippen LogP contribution in [0, 0.1) is 6.92 Å². The summed E-state index contributed by atoms with van der Waals surface area (Å²) in [6.07, 6.45) is 1.42.